The van der Waals surface area contributed by atoms with Gasteiger partial charge in [-0.15, -0.1) is 0 Å². The van der Waals surface area contributed by atoms with E-state index in [-0.39, 0.29) is 31.2 Å². The first kappa shape index (κ1) is 18.6. The van der Waals surface area contributed by atoms with Crippen molar-refractivity contribution in [2.75, 3.05) is 6.54 Å². The number of hydrogen-bond donors (Lipinski definition) is 2. The van der Waals surface area contributed by atoms with E-state index < -0.39 is 12.1 Å². The second-order valence-electron chi connectivity index (χ2n) is 6.41. The molecule has 1 aliphatic heterocycles. The van der Waals surface area contributed by atoms with Crippen LogP contribution in [0.5, 0.6) is 0 Å². The van der Waals surface area contributed by atoms with Gasteiger partial charge in [0.1, 0.15) is 5.76 Å². The fourth-order valence-corrected chi connectivity index (χ4v) is 3.02. The van der Waals surface area contributed by atoms with Crippen LogP contribution in [-0.4, -0.2) is 45.7 Å². The van der Waals surface area contributed by atoms with Gasteiger partial charge >= 0.3 is 0 Å². The fraction of sp³-hybridized carbons (Fsp3) is 0.389. The van der Waals surface area contributed by atoms with Crippen LogP contribution in [0.1, 0.15) is 23.4 Å². The number of benzene rings is 1. The zero-order valence-corrected chi connectivity index (χ0v) is 15.1. The Morgan fingerprint density at radius 2 is 2.12 bits per heavy atom. The van der Waals surface area contributed by atoms with Gasteiger partial charge in [0.15, 0.2) is 0 Å². The lowest BCUT2D eigenvalue weighted by atomic mass is 10.1. The van der Waals surface area contributed by atoms with Gasteiger partial charge in [-0.25, -0.2) is 0 Å². The maximum absolute atomic E-state index is 12.9. The van der Waals surface area contributed by atoms with E-state index in [1.165, 1.54) is 4.90 Å². The van der Waals surface area contributed by atoms with Crippen LogP contribution in [0.2, 0.25) is 5.02 Å². The van der Waals surface area contributed by atoms with Crippen LogP contribution in [0.3, 0.4) is 0 Å². The van der Waals surface area contributed by atoms with E-state index in [4.69, 9.17) is 16.1 Å². The summed E-state index contributed by atoms with van der Waals surface area (Å²) in [5.41, 5.74) is 1.45. The zero-order valence-electron chi connectivity index (χ0n) is 14.3. The minimum Gasteiger partial charge on any atom is -0.392 e. The maximum Gasteiger partial charge on any atom is 0.246 e. The number of aliphatic hydroxyl groups excluding tert-OH is 1. The van der Waals surface area contributed by atoms with E-state index in [0.717, 1.165) is 5.56 Å². The maximum atomic E-state index is 12.9. The number of nitrogens with one attached hydrogen (secondary N) is 1. The summed E-state index contributed by atoms with van der Waals surface area (Å²) < 4.78 is 5.09. The Morgan fingerprint density at radius 1 is 1.38 bits per heavy atom. The Bertz CT molecular complexity index is 790. The summed E-state index contributed by atoms with van der Waals surface area (Å²) in [4.78, 5) is 26.8. The number of nitrogens with zero attached hydrogens (tertiary/aromatic N) is 2. The van der Waals surface area contributed by atoms with Crippen molar-refractivity contribution in [1.29, 1.82) is 0 Å². The van der Waals surface area contributed by atoms with E-state index in [0.29, 0.717) is 23.0 Å². The summed E-state index contributed by atoms with van der Waals surface area (Å²) in [6, 6.07) is 8.04. The molecule has 2 aromatic rings. The molecule has 0 spiro atoms. The van der Waals surface area contributed by atoms with Crippen molar-refractivity contribution >= 4 is 23.4 Å². The predicted molar refractivity (Wildman–Crippen MR) is 94.4 cm³/mol. The third-order valence-corrected chi connectivity index (χ3v) is 4.48. The van der Waals surface area contributed by atoms with Gasteiger partial charge < -0.3 is 14.9 Å². The van der Waals surface area contributed by atoms with Gasteiger partial charge in [0, 0.05) is 17.6 Å². The minimum atomic E-state index is -0.589. The molecule has 1 fully saturated rings. The SMILES string of the molecule is Cc1cc(CC(=O)N(Cc2ccc(Cl)cc2)C(=O)[C@@H]2C[C@@H](O)CN2)on1. The molecule has 0 saturated carbocycles. The van der Waals surface area contributed by atoms with Crippen LogP contribution in [-0.2, 0) is 22.6 Å². The molecule has 3 rings (SSSR count). The molecule has 0 aliphatic carbocycles. The normalized spacial score (nSPS) is 19.5. The van der Waals surface area contributed by atoms with E-state index in [1.807, 2.05) is 0 Å². The van der Waals surface area contributed by atoms with Crippen molar-refractivity contribution in [3.8, 4) is 0 Å². The molecule has 26 heavy (non-hydrogen) atoms. The number of aryl methyl sites for hydroxylation is 1. The largest absolute Gasteiger partial charge is 0.392 e. The van der Waals surface area contributed by atoms with Gasteiger partial charge in [0.2, 0.25) is 11.8 Å². The number of aromatic nitrogens is 1. The molecule has 0 bridgehead atoms. The van der Waals surface area contributed by atoms with Crippen LogP contribution in [0.4, 0.5) is 0 Å². The molecule has 7 nitrogen and oxygen atoms in total. The summed E-state index contributed by atoms with van der Waals surface area (Å²) in [5, 5.41) is 17.0. The van der Waals surface area contributed by atoms with Gasteiger partial charge in [-0.1, -0.05) is 28.9 Å². The Balaban J connectivity index is 1.78. The first-order valence-electron chi connectivity index (χ1n) is 8.34. The molecule has 8 heteroatoms. The molecule has 2 heterocycles. The highest BCUT2D eigenvalue weighted by molar-refractivity contribution is 6.30. The number of aliphatic hydroxyl groups is 1. The lowest BCUT2D eigenvalue weighted by molar-refractivity contribution is -0.146. The molecular weight excluding hydrogens is 358 g/mol. The summed E-state index contributed by atoms with van der Waals surface area (Å²) in [6.45, 7) is 2.22. The molecule has 0 unspecified atom stereocenters. The minimum absolute atomic E-state index is 0.0601. The lowest BCUT2D eigenvalue weighted by Crippen LogP contribution is -2.46. The van der Waals surface area contributed by atoms with Crippen molar-refractivity contribution in [1.82, 2.24) is 15.4 Å². The van der Waals surface area contributed by atoms with E-state index in [9.17, 15) is 14.7 Å². The van der Waals surface area contributed by atoms with Crippen LogP contribution in [0.25, 0.3) is 0 Å². The van der Waals surface area contributed by atoms with Gasteiger partial charge in [0.05, 0.1) is 30.8 Å². The molecule has 1 saturated heterocycles. The topological polar surface area (TPSA) is 95.7 Å². The third kappa shape index (κ3) is 4.49. The number of amides is 2. The van der Waals surface area contributed by atoms with Crippen molar-refractivity contribution < 1.29 is 19.2 Å². The second-order valence-corrected chi connectivity index (χ2v) is 6.84. The number of hydrogen-bond acceptors (Lipinski definition) is 6. The highest BCUT2D eigenvalue weighted by Gasteiger charge is 2.34. The molecule has 138 valence electrons. The van der Waals surface area contributed by atoms with Gasteiger partial charge in [0.25, 0.3) is 0 Å². The van der Waals surface area contributed by atoms with Crippen molar-refractivity contribution in [2.45, 2.75) is 38.5 Å². The summed E-state index contributed by atoms with van der Waals surface area (Å²) in [5.74, 6) is -0.345. The van der Waals surface area contributed by atoms with E-state index in [1.54, 1.807) is 37.3 Å². The molecule has 1 aliphatic rings. The Hall–Kier alpha value is -2.22. The number of carbonyl (C=O) groups is 2. The van der Waals surface area contributed by atoms with Gasteiger partial charge in [-0.2, -0.15) is 0 Å². The highest BCUT2D eigenvalue weighted by atomic mass is 35.5. The van der Waals surface area contributed by atoms with Crippen molar-refractivity contribution in [3.05, 3.63) is 52.4 Å². The summed E-state index contributed by atoms with van der Waals surface area (Å²) in [7, 11) is 0. The van der Waals surface area contributed by atoms with Crippen LogP contribution < -0.4 is 5.32 Å². The quantitative estimate of drug-likeness (QED) is 0.819. The average Bonchev–Trinajstić information content (AvgIpc) is 3.22. The number of rotatable bonds is 5. The number of β-amino-alcohol motifs (C(OH)–C–C–N with tert-alkyl or cyclic N) is 1. The molecule has 1 aromatic heterocycles. The molecule has 2 N–H and O–H groups in total. The number of carbonyl (C=O) groups excluding carboxylic acids is 2. The first-order valence-corrected chi connectivity index (χ1v) is 8.72. The average molecular weight is 378 g/mol. The molecule has 0 radical (unpaired) electrons. The monoisotopic (exact) mass is 377 g/mol. The first-order chi connectivity index (χ1) is 12.4. The van der Waals surface area contributed by atoms with Crippen LogP contribution >= 0.6 is 11.6 Å². The molecular formula is C18H20ClN3O4. The highest BCUT2D eigenvalue weighted by Crippen LogP contribution is 2.16. The lowest BCUT2D eigenvalue weighted by Gasteiger charge is -2.24. The Kier molecular flexibility index (Phi) is 5.70. The van der Waals surface area contributed by atoms with Crippen LogP contribution in [0, 0.1) is 6.92 Å². The van der Waals surface area contributed by atoms with Crippen LogP contribution in [0.15, 0.2) is 34.9 Å². The van der Waals surface area contributed by atoms with Crippen molar-refractivity contribution in [2.24, 2.45) is 0 Å². The molecule has 2 atom stereocenters. The molecule has 2 amide bonds. The summed E-state index contributed by atoms with van der Waals surface area (Å²) >= 11 is 5.90. The van der Waals surface area contributed by atoms with E-state index >= 15 is 0 Å². The Morgan fingerprint density at radius 3 is 2.69 bits per heavy atom. The summed E-state index contributed by atoms with van der Waals surface area (Å²) in [6.07, 6.45) is -0.367. The van der Waals surface area contributed by atoms with Gasteiger partial charge in [-0.05, 0) is 31.0 Å². The Labute approximate surface area is 155 Å². The standard InChI is InChI=1S/C18H20ClN3O4/c1-11-6-15(26-21-11)8-17(24)22(10-12-2-4-13(19)5-3-12)18(25)16-7-14(23)9-20-16/h2-6,14,16,20,23H,7-10H2,1H3/t14-,16+/m1/s1. The predicted octanol–water partition coefficient (Wildman–Crippen LogP) is 1.46. The smallest absolute Gasteiger partial charge is 0.246 e. The zero-order chi connectivity index (χ0) is 18.7. The molecule has 1 aromatic carbocycles. The van der Waals surface area contributed by atoms with E-state index in [2.05, 4.69) is 10.5 Å². The fourth-order valence-electron chi connectivity index (χ4n) is 2.90. The second kappa shape index (κ2) is 7.99. The third-order valence-electron chi connectivity index (χ3n) is 4.23. The van der Waals surface area contributed by atoms with Gasteiger partial charge in [-0.3, -0.25) is 14.5 Å². The van der Waals surface area contributed by atoms with Crippen molar-refractivity contribution in [3.63, 3.8) is 0 Å². The number of halogens is 1. The number of imide groups is 1.